The van der Waals surface area contributed by atoms with Gasteiger partial charge in [-0.15, -0.1) is 5.10 Å². The second kappa shape index (κ2) is 7.01. The number of pyridine rings is 1. The van der Waals surface area contributed by atoms with Crippen LogP contribution in [0.25, 0.3) is 0 Å². The zero-order chi connectivity index (χ0) is 17.1. The molecule has 1 saturated heterocycles. The Morgan fingerprint density at radius 2 is 2.04 bits per heavy atom. The molecule has 1 atom stereocenters. The summed E-state index contributed by atoms with van der Waals surface area (Å²) >= 11 is 0. The number of rotatable bonds is 4. The highest BCUT2D eigenvalue weighted by atomic mass is 15.3. The van der Waals surface area contributed by atoms with Crippen molar-refractivity contribution >= 4 is 5.82 Å². The van der Waals surface area contributed by atoms with Crippen molar-refractivity contribution in [2.75, 3.05) is 18.0 Å². The first-order valence-electron chi connectivity index (χ1n) is 8.76. The van der Waals surface area contributed by atoms with Crippen molar-refractivity contribution in [1.29, 1.82) is 0 Å². The van der Waals surface area contributed by atoms with Gasteiger partial charge in [-0.2, -0.15) is 5.10 Å². The Balaban J connectivity index is 1.52. The molecular weight excluding hydrogens is 312 g/mol. The van der Waals surface area contributed by atoms with Crippen LogP contribution < -0.4 is 4.90 Å². The van der Waals surface area contributed by atoms with Gasteiger partial charge in [-0.3, -0.25) is 4.98 Å². The van der Waals surface area contributed by atoms with Crippen molar-refractivity contribution in [2.24, 2.45) is 0 Å². The standard InChI is InChI=1S/C19H22N6/c1-15-7-8-18(23-22-15)24-11-4-5-16(13-24)19-21-10-12-25(19)14-17-6-2-3-9-20-17/h2-3,6-10,12,16H,4-5,11,13-14H2,1H3/t16-/m1/s1. The Morgan fingerprint density at radius 1 is 1.08 bits per heavy atom. The molecular formula is C19H22N6. The van der Waals surface area contributed by atoms with Gasteiger partial charge in [-0.25, -0.2) is 4.98 Å². The Hall–Kier alpha value is -2.76. The molecule has 6 heteroatoms. The Labute approximate surface area is 147 Å². The quantitative estimate of drug-likeness (QED) is 0.734. The van der Waals surface area contributed by atoms with Gasteiger partial charge >= 0.3 is 0 Å². The highest BCUT2D eigenvalue weighted by Crippen LogP contribution is 2.28. The van der Waals surface area contributed by atoms with E-state index in [1.165, 1.54) is 0 Å². The lowest BCUT2D eigenvalue weighted by atomic mass is 9.97. The van der Waals surface area contributed by atoms with Gasteiger partial charge in [-0.05, 0) is 44.0 Å². The molecule has 0 unspecified atom stereocenters. The zero-order valence-corrected chi connectivity index (χ0v) is 14.4. The van der Waals surface area contributed by atoms with Crippen molar-refractivity contribution in [3.8, 4) is 0 Å². The Kier molecular flexibility index (Phi) is 4.41. The van der Waals surface area contributed by atoms with E-state index in [-0.39, 0.29) is 0 Å². The van der Waals surface area contributed by atoms with Crippen LogP contribution in [0.5, 0.6) is 0 Å². The first kappa shape index (κ1) is 15.7. The van der Waals surface area contributed by atoms with E-state index >= 15 is 0 Å². The predicted octanol–water partition coefficient (Wildman–Crippen LogP) is 2.81. The molecule has 0 amide bonds. The smallest absolute Gasteiger partial charge is 0.151 e. The summed E-state index contributed by atoms with van der Waals surface area (Å²) in [7, 11) is 0. The summed E-state index contributed by atoms with van der Waals surface area (Å²) in [6.07, 6.45) is 8.06. The molecule has 1 fully saturated rings. The molecule has 4 heterocycles. The SMILES string of the molecule is Cc1ccc(N2CCC[C@@H](c3nccn3Cc3ccccn3)C2)nn1. The number of nitrogens with zero attached hydrogens (tertiary/aromatic N) is 6. The van der Waals surface area contributed by atoms with Crippen molar-refractivity contribution in [2.45, 2.75) is 32.2 Å². The van der Waals surface area contributed by atoms with Crippen LogP contribution in [0.3, 0.4) is 0 Å². The van der Waals surface area contributed by atoms with Gasteiger partial charge in [0.25, 0.3) is 0 Å². The molecule has 25 heavy (non-hydrogen) atoms. The molecule has 1 aliphatic rings. The third kappa shape index (κ3) is 3.52. The summed E-state index contributed by atoms with van der Waals surface area (Å²) in [5.74, 6) is 2.49. The van der Waals surface area contributed by atoms with Crippen LogP contribution in [-0.4, -0.2) is 37.8 Å². The monoisotopic (exact) mass is 334 g/mol. The molecule has 0 N–H and O–H groups in total. The lowest BCUT2D eigenvalue weighted by Crippen LogP contribution is -2.36. The molecule has 0 radical (unpaired) electrons. The van der Waals surface area contributed by atoms with E-state index in [4.69, 9.17) is 0 Å². The lowest BCUT2D eigenvalue weighted by Gasteiger charge is -2.33. The van der Waals surface area contributed by atoms with Crippen LogP contribution in [0, 0.1) is 6.92 Å². The van der Waals surface area contributed by atoms with Crippen molar-refractivity contribution in [3.05, 3.63) is 66.1 Å². The molecule has 4 rings (SSSR count). The van der Waals surface area contributed by atoms with E-state index in [9.17, 15) is 0 Å². The van der Waals surface area contributed by atoms with Crippen molar-refractivity contribution in [1.82, 2.24) is 24.7 Å². The molecule has 0 spiro atoms. The topological polar surface area (TPSA) is 59.7 Å². The zero-order valence-electron chi connectivity index (χ0n) is 14.4. The van der Waals surface area contributed by atoms with Gasteiger partial charge < -0.3 is 9.47 Å². The van der Waals surface area contributed by atoms with E-state index in [0.29, 0.717) is 5.92 Å². The van der Waals surface area contributed by atoms with Crippen LogP contribution in [-0.2, 0) is 6.54 Å². The fraction of sp³-hybridized carbons (Fsp3) is 0.368. The summed E-state index contributed by atoms with van der Waals surface area (Å²) in [6, 6.07) is 10.1. The maximum atomic E-state index is 4.65. The molecule has 3 aromatic rings. The molecule has 3 aromatic heterocycles. The van der Waals surface area contributed by atoms with E-state index in [1.54, 1.807) is 0 Å². The number of piperidine rings is 1. The van der Waals surface area contributed by atoms with E-state index < -0.39 is 0 Å². The average Bonchev–Trinajstić information content (AvgIpc) is 3.11. The second-order valence-electron chi connectivity index (χ2n) is 6.55. The lowest BCUT2D eigenvalue weighted by molar-refractivity contribution is 0.472. The number of anilines is 1. The molecule has 6 nitrogen and oxygen atoms in total. The molecule has 0 aromatic carbocycles. The minimum absolute atomic E-state index is 0.399. The minimum atomic E-state index is 0.399. The first-order chi connectivity index (χ1) is 12.3. The maximum Gasteiger partial charge on any atom is 0.151 e. The molecule has 0 aliphatic carbocycles. The van der Waals surface area contributed by atoms with Crippen LogP contribution in [0.15, 0.2) is 48.9 Å². The van der Waals surface area contributed by atoms with E-state index in [1.807, 2.05) is 37.5 Å². The minimum Gasteiger partial charge on any atom is -0.354 e. The van der Waals surface area contributed by atoms with Gasteiger partial charge in [0.05, 0.1) is 17.9 Å². The second-order valence-corrected chi connectivity index (χ2v) is 6.55. The van der Waals surface area contributed by atoms with E-state index in [0.717, 1.165) is 55.5 Å². The number of hydrogen-bond acceptors (Lipinski definition) is 5. The van der Waals surface area contributed by atoms with Crippen molar-refractivity contribution in [3.63, 3.8) is 0 Å². The molecule has 0 bridgehead atoms. The first-order valence-corrected chi connectivity index (χ1v) is 8.76. The normalized spacial score (nSPS) is 17.6. The number of imidazole rings is 1. The maximum absolute atomic E-state index is 4.65. The number of aryl methyl sites for hydroxylation is 1. The summed E-state index contributed by atoms with van der Waals surface area (Å²) in [4.78, 5) is 11.4. The highest BCUT2D eigenvalue weighted by molar-refractivity contribution is 5.38. The summed E-state index contributed by atoms with van der Waals surface area (Å²) < 4.78 is 2.22. The van der Waals surface area contributed by atoms with Gasteiger partial charge in [0, 0.05) is 37.6 Å². The average molecular weight is 334 g/mol. The molecule has 0 saturated carbocycles. The van der Waals surface area contributed by atoms with Crippen LogP contribution in [0.4, 0.5) is 5.82 Å². The fourth-order valence-corrected chi connectivity index (χ4v) is 3.44. The Morgan fingerprint density at radius 3 is 2.84 bits per heavy atom. The summed E-state index contributed by atoms with van der Waals surface area (Å²) in [6.45, 7) is 4.67. The number of hydrogen-bond donors (Lipinski definition) is 0. The van der Waals surface area contributed by atoms with Crippen LogP contribution in [0.1, 0.15) is 36.0 Å². The number of aromatic nitrogens is 5. The van der Waals surface area contributed by atoms with Crippen molar-refractivity contribution < 1.29 is 0 Å². The van der Waals surface area contributed by atoms with E-state index in [2.05, 4.69) is 48.0 Å². The van der Waals surface area contributed by atoms with Crippen LogP contribution in [0.2, 0.25) is 0 Å². The molecule has 1 aliphatic heterocycles. The summed E-state index contributed by atoms with van der Waals surface area (Å²) in [5.41, 5.74) is 2.00. The van der Waals surface area contributed by atoms with Gasteiger partial charge in [0.15, 0.2) is 5.82 Å². The van der Waals surface area contributed by atoms with Gasteiger partial charge in [-0.1, -0.05) is 6.07 Å². The van der Waals surface area contributed by atoms with Crippen LogP contribution >= 0.6 is 0 Å². The summed E-state index contributed by atoms with van der Waals surface area (Å²) in [5, 5.41) is 8.54. The van der Waals surface area contributed by atoms with Gasteiger partial charge in [0.1, 0.15) is 5.82 Å². The predicted molar refractivity (Wildman–Crippen MR) is 96.5 cm³/mol. The third-order valence-electron chi connectivity index (χ3n) is 4.70. The third-order valence-corrected chi connectivity index (χ3v) is 4.70. The van der Waals surface area contributed by atoms with Gasteiger partial charge in [0.2, 0.25) is 0 Å². The fourth-order valence-electron chi connectivity index (χ4n) is 3.44. The highest BCUT2D eigenvalue weighted by Gasteiger charge is 2.25. The Bertz CT molecular complexity index is 811. The largest absolute Gasteiger partial charge is 0.354 e. The molecule has 128 valence electrons.